The summed E-state index contributed by atoms with van der Waals surface area (Å²) in [6.45, 7) is 14.2. The maximum atomic E-state index is 5.68. The molecular formula is C18H28N4. The lowest BCUT2D eigenvalue weighted by Crippen LogP contribution is -2.36. The Bertz CT molecular complexity index is 498. The molecule has 120 valence electrons. The quantitative estimate of drug-likeness (QED) is 0.678. The third-order valence-electron chi connectivity index (χ3n) is 4.22. The van der Waals surface area contributed by atoms with Crippen LogP contribution in [0, 0.1) is 5.92 Å². The zero-order valence-electron chi connectivity index (χ0n) is 13.6. The summed E-state index contributed by atoms with van der Waals surface area (Å²) in [6, 6.07) is 7.85. The van der Waals surface area contributed by atoms with Gasteiger partial charge in [0.25, 0.3) is 0 Å². The van der Waals surface area contributed by atoms with Crippen molar-refractivity contribution < 1.29 is 0 Å². The molecule has 4 N–H and O–H groups in total. The highest BCUT2D eigenvalue weighted by molar-refractivity contribution is 5.39. The van der Waals surface area contributed by atoms with Gasteiger partial charge in [0.2, 0.25) is 0 Å². The SMILES string of the molecule is C=C(NCC(=C)N1CCC(C)CC1)NCc1ccc(N)cc1. The molecule has 1 aromatic carbocycles. The topological polar surface area (TPSA) is 53.3 Å². The van der Waals surface area contributed by atoms with Gasteiger partial charge in [0.05, 0.1) is 12.4 Å². The summed E-state index contributed by atoms with van der Waals surface area (Å²) < 4.78 is 0. The Labute approximate surface area is 134 Å². The third kappa shape index (κ3) is 5.02. The maximum Gasteiger partial charge on any atom is 0.0918 e. The van der Waals surface area contributed by atoms with Gasteiger partial charge in [-0.3, -0.25) is 0 Å². The first-order chi connectivity index (χ1) is 10.5. The second-order valence-corrected chi connectivity index (χ2v) is 6.16. The molecule has 0 amide bonds. The molecular weight excluding hydrogens is 272 g/mol. The Morgan fingerprint density at radius 1 is 1.18 bits per heavy atom. The first-order valence-corrected chi connectivity index (χ1v) is 7.98. The van der Waals surface area contributed by atoms with E-state index in [0.717, 1.165) is 49.3 Å². The van der Waals surface area contributed by atoms with E-state index in [1.165, 1.54) is 18.4 Å². The van der Waals surface area contributed by atoms with Crippen molar-refractivity contribution in [3.05, 3.63) is 54.5 Å². The number of hydrogen-bond acceptors (Lipinski definition) is 4. The molecule has 0 saturated carbocycles. The smallest absolute Gasteiger partial charge is 0.0918 e. The van der Waals surface area contributed by atoms with Crippen molar-refractivity contribution in [3.8, 4) is 0 Å². The number of benzene rings is 1. The van der Waals surface area contributed by atoms with Gasteiger partial charge in [-0.25, -0.2) is 0 Å². The molecule has 0 spiro atoms. The summed E-state index contributed by atoms with van der Waals surface area (Å²) in [4.78, 5) is 2.38. The van der Waals surface area contributed by atoms with E-state index in [-0.39, 0.29) is 0 Å². The minimum atomic E-state index is 0.736. The van der Waals surface area contributed by atoms with Crippen molar-refractivity contribution in [1.82, 2.24) is 15.5 Å². The lowest BCUT2D eigenvalue weighted by atomic mass is 9.99. The van der Waals surface area contributed by atoms with Crippen LogP contribution in [0.3, 0.4) is 0 Å². The molecule has 4 nitrogen and oxygen atoms in total. The van der Waals surface area contributed by atoms with Crippen molar-refractivity contribution in [3.63, 3.8) is 0 Å². The van der Waals surface area contributed by atoms with Crippen molar-refractivity contribution in [2.75, 3.05) is 25.4 Å². The number of hydrogen-bond donors (Lipinski definition) is 3. The molecule has 0 bridgehead atoms. The van der Waals surface area contributed by atoms with Crippen LogP contribution in [0.2, 0.25) is 0 Å². The Hall–Kier alpha value is -2.10. The fourth-order valence-corrected chi connectivity index (χ4v) is 2.55. The number of piperidine rings is 1. The van der Waals surface area contributed by atoms with Gasteiger partial charge in [0, 0.05) is 31.0 Å². The molecule has 1 fully saturated rings. The Kier molecular flexibility index (Phi) is 5.75. The molecule has 1 heterocycles. The summed E-state index contributed by atoms with van der Waals surface area (Å²) in [6.07, 6.45) is 2.52. The standard InChI is InChI=1S/C18H28N4/c1-14-8-10-22(11-9-14)15(2)12-20-16(3)21-13-17-4-6-18(19)7-5-17/h4-7,14,20-21H,2-3,8-13,19H2,1H3. The maximum absolute atomic E-state index is 5.68. The average molecular weight is 300 g/mol. The van der Waals surface area contributed by atoms with Crippen LogP contribution in [-0.2, 0) is 6.54 Å². The lowest BCUT2D eigenvalue weighted by Gasteiger charge is -2.33. The zero-order valence-corrected chi connectivity index (χ0v) is 13.6. The predicted octanol–water partition coefficient (Wildman–Crippen LogP) is 2.66. The highest BCUT2D eigenvalue weighted by Crippen LogP contribution is 2.18. The van der Waals surface area contributed by atoms with E-state index >= 15 is 0 Å². The van der Waals surface area contributed by atoms with Crippen LogP contribution in [0.15, 0.2) is 48.9 Å². The molecule has 0 aromatic heterocycles. The Morgan fingerprint density at radius 3 is 2.45 bits per heavy atom. The molecule has 2 rings (SSSR count). The Morgan fingerprint density at radius 2 is 1.82 bits per heavy atom. The molecule has 0 radical (unpaired) electrons. The minimum Gasteiger partial charge on any atom is -0.399 e. The van der Waals surface area contributed by atoms with Crippen LogP contribution in [0.4, 0.5) is 5.69 Å². The molecule has 4 heteroatoms. The van der Waals surface area contributed by atoms with E-state index in [0.29, 0.717) is 0 Å². The van der Waals surface area contributed by atoms with Crippen molar-refractivity contribution in [1.29, 1.82) is 0 Å². The van der Waals surface area contributed by atoms with Gasteiger partial charge in [0.1, 0.15) is 0 Å². The van der Waals surface area contributed by atoms with E-state index in [4.69, 9.17) is 5.73 Å². The number of nitrogen functional groups attached to an aromatic ring is 1. The summed E-state index contributed by atoms with van der Waals surface area (Å²) in [5.41, 5.74) is 8.79. The first-order valence-electron chi connectivity index (χ1n) is 7.98. The fourth-order valence-electron chi connectivity index (χ4n) is 2.55. The van der Waals surface area contributed by atoms with Gasteiger partial charge < -0.3 is 21.3 Å². The highest BCUT2D eigenvalue weighted by Gasteiger charge is 2.16. The average Bonchev–Trinajstić information content (AvgIpc) is 2.52. The molecule has 1 aliphatic heterocycles. The number of anilines is 1. The molecule has 0 aliphatic carbocycles. The van der Waals surface area contributed by atoms with Gasteiger partial charge in [-0.15, -0.1) is 0 Å². The van der Waals surface area contributed by atoms with Crippen LogP contribution >= 0.6 is 0 Å². The van der Waals surface area contributed by atoms with Crippen LogP contribution in [0.5, 0.6) is 0 Å². The van der Waals surface area contributed by atoms with E-state index in [2.05, 4.69) is 35.6 Å². The number of rotatable bonds is 7. The second-order valence-electron chi connectivity index (χ2n) is 6.16. The molecule has 1 aromatic rings. The number of nitrogens with one attached hydrogen (secondary N) is 2. The summed E-state index contributed by atoms with van der Waals surface area (Å²) >= 11 is 0. The van der Waals surface area contributed by atoms with E-state index in [1.54, 1.807) is 0 Å². The van der Waals surface area contributed by atoms with Crippen LogP contribution in [0.25, 0.3) is 0 Å². The second kappa shape index (κ2) is 7.78. The highest BCUT2D eigenvalue weighted by atomic mass is 15.2. The largest absolute Gasteiger partial charge is 0.399 e. The van der Waals surface area contributed by atoms with Crippen LogP contribution in [0.1, 0.15) is 25.3 Å². The lowest BCUT2D eigenvalue weighted by molar-refractivity contribution is 0.234. The normalized spacial score (nSPS) is 15.4. The summed E-state index contributed by atoms with van der Waals surface area (Å²) in [5.74, 6) is 1.66. The summed E-state index contributed by atoms with van der Waals surface area (Å²) in [7, 11) is 0. The predicted molar refractivity (Wildman–Crippen MR) is 93.9 cm³/mol. The monoisotopic (exact) mass is 300 g/mol. The molecule has 22 heavy (non-hydrogen) atoms. The fraction of sp³-hybridized carbons (Fsp3) is 0.444. The van der Waals surface area contributed by atoms with Crippen molar-refractivity contribution >= 4 is 5.69 Å². The Balaban J connectivity index is 1.66. The van der Waals surface area contributed by atoms with Gasteiger partial charge in [-0.2, -0.15) is 0 Å². The zero-order chi connectivity index (χ0) is 15.9. The van der Waals surface area contributed by atoms with Crippen LogP contribution in [-0.4, -0.2) is 24.5 Å². The summed E-state index contributed by atoms with van der Waals surface area (Å²) in [5, 5.41) is 6.58. The van der Waals surface area contributed by atoms with E-state index < -0.39 is 0 Å². The van der Waals surface area contributed by atoms with Gasteiger partial charge in [-0.05, 0) is 36.5 Å². The number of nitrogens with two attached hydrogens (primary N) is 1. The van der Waals surface area contributed by atoms with E-state index in [1.807, 2.05) is 24.3 Å². The van der Waals surface area contributed by atoms with E-state index in [9.17, 15) is 0 Å². The number of nitrogens with zero attached hydrogens (tertiary/aromatic N) is 1. The molecule has 0 unspecified atom stereocenters. The van der Waals surface area contributed by atoms with Crippen molar-refractivity contribution in [2.45, 2.75) is 26.3 Å². The number of likely N-dealkylation sites (tertiary alicyclic amines) is 1. The first kappa shape index (κ1) is 16.3. The van der Waals surface area contributed by atoms with Crippen molar-refractivity contribution in [2.24, 2.45) is 5.92 Å². The van der Waals surface area contributed by atoms with Gasteiger partial charge in [0.15, 0.2) is 0 Å². The molecule has 1 aliphatic rings. The third-order valence-corrected chi connectivity index (χ3v) is 4.22. The van der Waals surface area contributed by atoms with Crippen LogP contribution < -0.4 is 16.4 Å². The van der Waals surface area contributed by atoms with Gasteiger partial charge >= 0.3 is 0 Å². The van der Waals surface area contributed by atoms with Gasteiger partial charge in [-0.1, -0.05) is 32.2 Å². The molecule has 0 atom stereocenters. The minimum absolute atomic E-state index is 0.736. The molecule has 1 saturated heterocycles.